The molecule has 0 saturated carbocycles. The molecule has 2 aromatic carbocycles. The van der Waals surface area contributed by atoms with Crippen molar-refractivity contribution in [1.82, 2.24) is 20.1 Å². The first kappa shape index (κ1) is 45.4. The highest BCUT2D eigenvalue weighted by Crippen LogP contribution is 2.39. The fourth-order valence-corrected chi connectivity index (χ4v) is 7.43. The molecule has 5 rings (SSSR count). The maximum atomic E-state index is 13.5. The van der Waals surface area contributed by atoms with E-state index in [9.17, 15) is 14.4 Å². The number of aryl methyl sites for hydroxylation is 2. The number of nitrogens with two attached hydrogens (primary N) is 1. The van der Waals surface area contributed by atoms with Gasteiger partial charge in [0.15, 0.2) is 5.82 Å². The lowest BCUT2D eigenvalue weighted by molar-refractivity contribution is -0.155. The minimum absolute atomic E-state index is 0.0602. The van der Waals surface area contributed by atoms with Gasteiger partial charge in [0, 0.05) is 39.7 Å². The molecular formula is C42H54ClN7O8S. The molecule has 0 bridgehead atoms. The van der Waals surface area contributed by atoms with Gasteiger partial charge in [-0.3, -0.25) is 23.9 Å². The SMILES string of the molecule is Cc1sc2c(c1C)C(c1ccc(Cl)cc1)=N[C@@H](CC(=O)Nc1ccc(OCCOCCOCCOCCNC(=O)[C@H](N)CCC(=O)OC(C)(C)C)cc1)c1nnc(C)n1-2. The van der Waals surface area contributed by atoms with Crippen LogP contribution in [0.3, 0.4) is 0 Å². The number of amides is 2. The number of carbonyl (C=O) groups is 3. The molecule has 2 amide bonds. The third-order valence-corrected chi connectivity index (χ3v) is 10.5. The summed E-state index contributed by atoms with van der Waals surface area (Å²) in [6, 6.07) is 13.4. The Kier molecular flexibility index (Phi) is 16.5. The summed E-state index contributed by atoms with van der Waals surface area (Å²) in [5.74, 6) is 1.04. The van der Waals surface area contributed by atoms with E-state index < -0.39 is 17.7 Å². The van der Waals surface area contributed by atoms with E-state index in [0.717, 1.165) is 33.2 Å². The number of fused-ring (bicyclic) bond motifs is 3. The number of aliphatic imine (C=N–C) groups is 1. The molecule has 0 saturated heterocycles. The lowest BCUT2D eigenvalue weighted by Crippen LogP contribution is -2.42. The average Bonchev–Trinajstić information content (AvgIpc) is 3.67. The van der Waals surface area contributed by atoms with Crippen molar-refractivity contribution in [2.45, 2.75) is 78.5 Å². The Labute approximate surface area is 354 Å². The first-order chi connectivity index (χ1) is 28.2. The fourth-order valence-electron chi connectivity index (χ4n) is 6.09. The molecule has 4 N–H and O–H groups in total. The highest BCUT2D eigenvalue weighted by Gasteiger charge is 2.32. The topological polar surface area (TPSA) is 191 Å². The second-order valence-corrected chi connectivity index (χ2v) is 16.5. The zero-order chi connectivity index (χ0) is 42.5. The molecule has 59 heavy (non-hydrogen) atoms. The maximum absolute atomic E-state index is 13.5. The highest BCUT2D eigenvalue weighted by molar-refractivity contribution is 7.15. The number of rotatable bonds is 21. The van der Waals surface area contributed by atoms with Crippen molar-refractivity contribution in [2.24, 2.45) is 10.7 Å². The van der Waals surface area contributed by atoms with Crippen LogP contribution >= 0.6 is 22.9 Å². The molecule has 1 aliphatic rings. The van der Waals surface area contributed by atoms with E-state index in [1.807, 2.05) is 35.8 Å². The Morgan fingerprint density at radius 3 is 2.20 bits per heavy atom. The summed E-state index contributed by atoms with van der Waals surface area (Å²) < 4.78 is 29.7. The number of aromatic nitrogens is 3. The largest absolute Gasteiger partial charge is 0.491 e. The second-order valence-electron chi connectivity index (χ2n) is 14.9. The Hall–Kier alpha value is -4.71. The molecule has 0 spiro atoms. The van der Waals surface area contributed by atoms with Crippen LogP contribution in [0.4, 0.5) is 5.69 Å². The van der Waals surface area contributed by atoms with E-state index in [-0.39, 0.29) is 37.0 Å². The van der Waals surface area contributed by atoms with Gasteiger partial charge in [0.05, 0.1) is 57.8 Å². The van der Waals surface area contributed by atoms with Crippen molar-refractivity contribution in [2.75, 3.05) is 58.1 Å². The number of hydrogen-bond acceptors (Lipinski definition) is 13. The number of anilines is 1. The third-order valence-electron chi connectivity index (χ3n) is 9.08. The molecule has 17 heteroatoms. The van der Waals surface area contributed by atoms with Crippen molar-refractivity contribution in [1.29, 1.82) is 0 Å². The summed E-state index contributed by atoms with van der Waals surface area (Å²) in [5.41, 5.74) is 9.74. The van der Waals surface area contributed by atoms with Gasteiger partial charge in [0.1, 0.15) is 34.8 Å². The number of carbonyl (C=O) groups excluding carboxylic acids is 3. The Morgan fingerprint density at radius 2 is 1.54 bits per heavy atom. The van der Waals surface area contributed by atoms with Crippen LogP contribution in [0.25, 0.3) is 5.00 Å². The molecule has 318 valence electrons. The zero-order valence-electron chi connectivity index (χ0n) is 34.5. The van der Waals surface area contributed by atoms with Crippen LogP contribution in [0.1, 0.15) is 79.3 Å². The van der Waals surface area contributed by atoms with Crippen molar-refractivity contribution < 1.29 is 38.1 Å². The highest BCUT2D eigenvalue weighted by atomic mass is 35.5. The van der Waals surface area contributed by atoms with Gasteiger partial charge in [-0.2, -0.15) is 0 Å². The average molecular weight is 852 g/mol. The summed E-state index contributed by atoms with van der Waals surface area (Å²) in [6.07, 6.45) is 0.338. The van der Waals surface area contributed by atoms with E-state index >= 15 is 0 Å². The number of esters is 1. The molecule has 2 aromatic heterocycles. The number of halogens is 1. The van der Waals surface area contributed by atoms with Crippen LogP contribution in [0, 0.1) is 20.8 Å². The normalized spacial score (nSPS) is 14.1. The van der Waals surface area contributed by atoms with E-state index in [1.165, 1.54) is 4.88 Å². The number of nitrogens with one attached hydrogen (secondary N) is 2. The Balaban J connectivity index is 0.967. The van der Waals surface area contributed by atoms with Crippen LogP contribution in [-0.2, 0) is 33.3 Å². The molecule has 0 unspecified atom stereocenters. The number of hydrogen-bond donors (Lipinski definition) is 3. The van der Waals surface area contributed by atoms with Gasteiger partial charge in [-0.1, -0.05) is 23.7 Å². The molecule has 15 nitrogen and oxygen atoms in total. The van der Waals surface area contributed by atoms with Gasteiger partial charge in [0.25, 0.3) is 0 Å². The molecule has 1 aliphatic heterocycles. The van der Waals surface area contributed by atoms with Crippen molar-refractivity contribution in [3.8, 4) is 10.8 Å². The maximum Gasteiger partial charge on any atom is 0.306 e. The Morgan fingerprint density at radius 1 is 0.898 bits per heavy atom. The third kappa shape index (κ3) is 13.4. The fraction of sp³-hybridized carbons (Fsp3) is 0.476. The summed E-state index contributed by atoms with van der Waals surface area (Å²) >= 11 is 7.89. The Bertz CT molecular complexity index is 2060. The molecule has 0 aliphatic carbocycles. The van der Waals surface area contributed by atoms with E-state index in [4.69, 9.17) is 46.0 Å². The minimum atomic E-state index is -0.798. The molecule has 4 aromatic rings. The lowest BCUT2D eigenvalue weighted by Gasteiger charge is -2.20. The molecule has 0 radical (unpaired) electrons. The van der Waals surface area contributed by atoms with E-state index in [0.29, 0.717) is 75.1 Å². The standard InChI is InChI=1S/C42H54ClN7O8S/c1-26-27(2)59-41-37(26)38(29-7-9-30(43)10-8-29)47-34(39-49-48-28(3)50(39)41)25-35(51)46-31-11-13-32(14-12-31)57-24-23-56-22-21-55-20-19-54-18-17-45-40(53)33(44)15-16-36(52)58-42(4,5)6/h7-14,33-34H,15-25,44H2,1-6H3,(H,45,53)(H,46,51)/t33-,34+/m1/s1. The monoisotopic (exact) mass is 851 g/mol. The first-order valence-corrected chi connectivity index (χ1v) is 20.8. The first-order valence-electron chi connectivity index (χ1n) is 19.6. The van der Waals surface area contributed by atoms with E-state index in [2.05, 4.69) is 34.7 Å². The number of benzene rings is 2. The predicted octanol–water partition coefficient (Wildman–Crippen LogP) is 5.82. The van der Waals surface area contributed by atoms with E-state index in [1.54, 1.807) is 56.4 Å². The van der Waals surface area contributed by atoms with Gasteiger partial charge < -0.3 is 40.1 Å². The van der Waals surface area contributed by atoms with Crippen molar-refractivity contribution in [3.05, 3.63) is 86.8 Å². The molecule has 0 fully saturated rings. The van der Waals surface area contributed by atoms with Crippen molar-refractivity contribution in [3.63, 3.8) is 0 Å². The van der Waals surface area contributed by atoms with Crippen LogP contribution < -0.4 is 21.1 Å². The number of ether oxygens (including phenoxy) is 5. The van der Waals surface area contributed by atoms with Gasteiger partial charge in [-0.25, -0.2) is 0 Å². The quantitative estimate of drug-likeness (QED) is 0.0677. The van der Waals surface area contributed by atoms with Gasteiger partial charge >= 0.3 is 5.97 Å². The summed E-state index contributed by atoms with van der Waals surface area (Å²) in [6.45, 7) is 14.3. The van der Waals surface area contributed by atoms with Crippen LogP contribution in [0.15, 0.2) is 53.5 Å². The number of thiophene rings is 1. The van der Waals surface area contributed by atoms with Gasteiger partial charge in [0.2, 0.25) is 11.8 Å². The summed E-state index contributed by atoms with van der Waals surface area (Å²) in [4.78, 5) is 43.7. The molecule has 3 heterocycles. The number of nitrogens with zero attached hydrogens (tertiary/aromatic N) is 4. The van der Waals surface area contributed by atoms with Gasteiger partial charge in [-0.15, -0.1) is 21.5 Å². The molecule has 2 atom stereocenters. The lowest BCUT2D eigenvalue weighted by atomic mass is 9.99. The zero-order valence-corrected chi connectivity index (χ0v) is 36.0. The summed E-state index contributed by atoms with van der Waals surface area (Å²) in [7, 11) is 0. The van der Waals surface area contributed by atoms with Crippen molar-refractivity contribution >= 4 is 52.1 Å². The second kappa shape index (κ2) is 21.5. The van der Waals surface area contributed by atoms with Crippen LogP contribution in [0.2, 0.25) is 5.02 Å². The minimum Gasteiger partial charge on any atom is -0.491 e. The summed E-state index contributed by atoms with van der Waals surface area (Å²) in [5, 5.41) is 16.2. The molecular weight excluding hydrogens is 798 g/mol. The smallest absolute Gasteiger partial charge is 0.306 e. The van der Waals surface area contributed by atoms with Crippen LogP contribution in [0.5, 0.6) is 5.75 Å². The van der Waals surface area contributed by atoms with Crippen LogP contribution in [-0.4, -0.2) is 103 Å². The predicted molar refractivity (Wildman–Crippen MR) is 227 cm³/mol. The van der Waals surface area contributed by atoms with Gasteiger partial charge in [-0.05, 0) is 89.9 Å².